The Labute approximate surface area is 129 Å². The highest BCUT2D eigenvalue weighted by atomic mass is 32.2. The van der Waals surface area contributed by atoms with Crippen molar-refractivity contribution in [3.05, 3.63) is 46.2 Å². The molecule has 1 unspecified atom stereocenters. The summed E-state index contributed by atoms with van der Waals surface area (Å²) in [5.74, 6) is 0. The molecule has 1 aromatic rings. The van der Waals surface area contributed by atoms with Crippen molar-refractivity contribution in [2.24, 2.45) is 0 Å². The second kappa shape index (κ2) is 5.88. The molecule has 1 heterocycles. The molecular formula is C16H21NOS2. The van der Waals surface area contributed by atoms with Crippen LogP contribution in [0.25, 0.3) is 5.57 Å². The number of hydrogen-bond donors (Lipinski definition) is 1. The van der Waals surface area contributed by atoms with Crippen LogP contribution in [0.15, 0.2) is 40.7 Å². The summed E-state index contributed by atoms with van der Waals surface area (Å²) in [4.78, 5) is 1.97. The zero-order valence-corrected chi connectivity index (χ0v) is 14.1. The molecular weight excluding hydrogens is 286 g/mol. The van der Waals surface area contributed by atoms with Crippen LogP contribution in [0.2, 0.25) is 0 Å². The summed E-state index contributed by atoms with van der Waals surface area (Å²) in [6, 6.07) is 8.18. The van der Waals surface area contributed by atoms with E-state index in [1.54, 1.807) is 23.5 Å². The minimum atomic E-state index is -1.00. The molecule has 0 saturated carbocycles. The van der Waals surface area contributed by atoms with E-state index in [9.17, 15) is 5.11 Å². The van der Waals surface area contributed by atoms with Crippen molar-refractivity contribution < 1.29 is 5.11 Å². The fraction of sp³-hybridized carbons (Fsp3) is 0.375. The second-order valence-corrected chi connectivity index (χ2v) is 6.99. The number of para-hydroxylation sites is 1. The van der Waals surface area contributed by atoms with E-state index in [4.69, 9.17) is 0 Å². The molecule has 0 saturated heterocycles. The number of hydrogen-bond acceptors (Lipinski definition) is 4. The van der Waals surface area contributed by atoms with E-state index in [1.165, 1.54) is 0 Å². The summed E-state index contributed by atoms with van der Waals surface area (Å²) in [7, 11) is 1.95. The quantitative estimate of drug-likeness (QED) is 0.843. The zero-order chi connectivity index (χ0) is 14.9. The molecule has 0 bridgehead atoms. The number of thioether (sulfide) groups is 2. The Balaban J connectivity index is 2.70. The molecule has 1 atom stereocenters. The Morgan fingerprint density at radius 1 is 1.30 bits per heavy atom. The lowest BCUT2D eigenvalue weighted by molar-refractivity contribution is 0.108. The van der Waals surface area contributed by atoms with Crippen molar-refractivity contribution in [2.75, 3.05) is 24.5 Å². The van der Waals surface area contributed by atoms with Crippen LogP contribution in [0.5, 0.6) is 0 Å². The fourth-order valence-corrected chi connectivity index (χ4v) is 4.37. The Hall–Kier alpha value is -0.840. The van der Waals surface area contributed by atoms with E-state index < -0.39 is 5.72 Å². The minimum absolute atomic E-state index is 0.540. The summed E-state index contributed by atoms with van der Waals surface area (Å²) in [5, 5.41) is 11.3. The van der Waals surface area contributed by atoms with Crippen LogP contribution in [-0.2, 0) is 0 Å². The van der Waals surface area contributed by atoms with Crippen LogP contribution in [0.3, 0.4) is 0 Å². The number of likely N-dealkylation sites (N-methyl/N-ethyl adjacent to an activating group) is 1. The third-order valence-electron chi connectivity index (χ3n) is 3.61. The van der Waals surface area contributed by atoms with E-state index in [2.05, 4.69) is 31.2 Å². The predicted molar refractivity (Wildman–Crippen MR) is 93.2 cm³/mol. The highest BCUT2D eigenvalue weighted by Gasteiger charge is 2.45. The Morgan fingerprint density at radius 2 is 1.90 bits per heavy atom. The van der Waals surface area contributed by atoms with Gasteiger partial charge in [-0.2, -0.15) is 0 Å². The molecule has 0 aliphatic carbocycles. The van der Waals surface area contributed by atoms with Gasteiger partial charge in [-0.25, -0.2) is 0 Å². The largest absolute Gasteiger partial charge is 0.366 e. The third kappa shape index (κ3) is 2.41. The average Bonchev–Trinajstić information content (AvgIpc) is 2.62. The molecule has 20 heavy (non-hydrogen) atoms. The monoisotopic (exact) mass is 307 g/mol. The molecule has 1 aliphatic rings. The topological polar surface area (TPSA) is 23.5 Å². The number of anilines is 1. The SMILES string of the molecule is C=C(C)CC1(O)C(=C(SC)SC)c2ccccc2N1C. The summed E-state index contributed by atoms with van der Waals surface area (Å²) >= 11 is 3.38. The molecule has 2 nitrogen and oxygen atoms in total. The fourth-order valence-electron chi connectivity index (χ4n) is 2.75. The smallest absolute Gasteiger partial charge is 0.170 e. The van der Waals surface area contributed by atoms with Gasteiger partial charge in [-0.1, -0.05) is 30.4 Å². The predicted octanol–water partition coefficient (Wildman–Crippen LogP) is 4.19. The lowest BCUT2D eigenvalue weighted by Crippen LogP contribution is -2.44. The van der Waals surface area contributed by atoms with Crippen molar-refractivity contribution in [2.45, 2.75) is 19.1 Å². The molecule has 0 spiro atoms. The van der Waals surface area contributed by atoms with Gasteiger partial charge in [0.2, 0.25) is 0 Å². The number of aliphatic hydroxyl groups is 1. The summed E-state index contributed by atoms with van der Waals surface area (Å²) in [6.45, 7) is 5.95. The van der Waals surface area contributed by atoms with E-state index in [0.29, 0.717) is 6.42 Å². The van der Waals surface area contributed by atoms with Crippen LogP contribution < -0.4 is 4.90 Å². The molecule has 1 N–H and O–H groups in total. The van der Waals surface area contributed by atoms with Gasteiger partial charge in [0, 0.05) is 34.5 Å². The molecule has 108 valence electrons. The van der Waals surface area contributed by atoms with Gasteiger partial charge in [0.15, 0.2) is 5.72 Å². The van der Waals surface area contributed by atoms with Gasteiger partial charge in [0.05, 0.1) is 0 Å². The lowest BCUT2D eigenvalue weighted by atomic mass is 9.95. The molecule has 4 heteroatoms. The lowest BCUT2D eigenvalue weighted by Gasteiger charge is -2.34. The second-order valence-electron chi connectivity index (χ2n) is 5.10. The maximum Gasteiger partial charge on any atom is 0.170 e. The van der Waals surface area contributed by atoms with Crippen LogP contribution >= 0.6 is 23.5 Å². The van der Waals surface area contributed by atoms with Crippen molar-refractivity contribution in [1.29, 1.82) is 0 Å². The molecule has 1 aliphatic heterocycles. The van der Waals surface area contributed by atoms with Crippen LogP contribution in [0, 0.1) is 0 Å². The first kappa shape index (κ1) is 15.5. The molecule has 0 fully saturated rings. The normalized spacial score (nSPS) is 21.1. The Kier molecular flexibility index (Phi) is 4.57. The van der Waals surface area contributed by atoms with Gasteiger partial charge < -0.3 is 10.0 Å². The van der Waals surface area contributed by atoms with Gasteiger partial charge in [-0.15, -0.1) is 23.5 Å². The van der Waals surface area contributed by atoms with Gasteiger partial charge >= 0.3 is 0 Å². The number of nitrogens with zero attached hydrogens (tertiary/aromatic N) is 1. The van der Waals surface area contributed by atoms with Gasteiger partial charge in [-0.3, -0.25) is 0 Å². The summed E-state index contributed by atoms with van der Waals surface area (Å²) < 4.78 is 1.16. The first-order valence-corrected chi connectivity index (χ1v) is 8.93. The maximum absolute atomic E-state index is 11.3. The number of fused-ring (bicyclic) bond motifs is 1. The van der Waals surface area contributed by atoms with Gasteiger partial charge in [0.25, 0.3) is 0 Å². The summed E-state index contributed by atoms with van der Waals surface area (Å²) in [6.07, 6.45) is 4.65. The van der Waals surface area contributed by atoms with Gasteiger partial charge in [0.1, 0.15) is 0 Å². The van der Waals surface area contributed by atoms with Crippen molar-refractivity contribution >= 4 is 34.8 Å². The van der Waals surface area contributed by atoms with Crippen molar-refractivity contribution in [3.8, 4) is 0 Å². The molecule has 0 aromatic heterocycles. The third-order valence-corrected chi connectivity index (χ3v) is 5.76. The number of benzene rings is 1. The summed E-state index contributed by atoms with van der Waals surface area (Å²) in [5.41, 5.74) is 3.19. The maximum atomic E-state index is 11.3. The molecule has 1 aromatic carbocycles. The van der Waals surface area contributed by atoms with Crippen LogP contribution in [0.4, 0.5) is 5.69 Å². The van der Waals surface area contributed by atoms with Gasteiger partial charge in [-0.05, 0) is 25.5 Å². The van der Waals surface area contributed by atoms with E-state index in [-0.39, 0.29) is 0 Å². The van der Waals surface area contributed by atoms with Crippen LogP contribution in [0.1, 0.15) is 18.9 Å². The van der Waals surface area contributed by atoms with Crippen molar-refractivity contribution in [1.82, 2.24) is 0 Å². The van der Waals surface area contributed by atoms with E-state index >= 15 is 0 Å². The van der Waals surface area contributed by atoms with Crippen LogP contribution in [-0.4, -0.2) is 30.4 Å². The van der Waals surface area contributed by atoms with E-state index in [1.807, 2.05) is 31.0 Å². The molecule has 2 rings (SSSR count). The standard InChI is InChI=1S/C16H21NOS2/c1-11(2)10-16(18)14(15(19-4)20-5)12-8-6-7-9-13(12)17(16)3/h6-9,18H,1,10H2,2-5H3. The van der Waals surface area contributed by atoms with Crippen molar-refractivity contribution in [3.63, 3.8) is 0 Å². The average molecular weight is 307 g/mol. The highest BCUT2D eigenvalue weighted by Crippen LogP contribution is 2.52. The zero-order valence-electron chi connectivity index (χ0n) is 12.4. The molecule has 0 amide bonds. The Morgan fingerprint density at radius 3 is 2.45 bits per heavy atom. The Bertz CT molecular complexity index is 561. The first-order valence-electron chi connectivity index (χ1n) is 6.48. The molecule has 0 radical (unpaired) electrons. The highest BCUT2D eigenvalue weighted by molar-refractivity contribution is 8.21. The van der Waals surface area contributed by atoms with E-state index in [0.717, 1.165) is 26.6 Å². The first-order chi connectivity index (χ1) is 9.45. The minimum Gasteiger partial charge on any atom is -0.366 e. The number of rotatable bonds is 4.